The number of hydrogen-bond acceptors (Lipinski definition) is 4. The zero-order valence-electron chi connectivity index (χ0n) is 15.2. The fourth-order valence-corrected chi connectivity index (χ4v) is 4.18. The van der Waals surface area contributed by atoms with Gasteiger partial charge in [-0.25, -0.2) is 4.98 Å². The molecule has 0 saturated carbocycles. The van der Waals surface area contributed by atoms with Gasteiger partial charge in [0.1, 0.15) is 11.3 Å². The number of carbonyl (C=O) groups is 2. The Morgan fingerprint density at radius 2 is 2.30 bits per heavy atom. The van der Waals surface area contributed by atoms with Crippen molar-refractivity contribution >= 4 is 29.1 Å². The van der Waals surface area contributed by atoms with Crippen LogP contribution in [-0.2, 0) is 16.0 Å². The molecule has 2 N–H and O–H groups in total. The van der Waals surface area contributed by atoms with Crippen molar-refractivity contribution in [3.8, 4) is 0 Å². The van der Waals surface area contributed by atoms with Gasteiger partial charge in [-0.05, 0) is 37.8 Å². The van der Waals surface area contributed by atoms with Crippen molar-refractivity contribution in [1.82, 2.24) is 20.0 Å². The average molecular weight is 391 g/mol. The van der Waals surface area contributed by atoms with E-state index >= 15 is 0 Å². The van der Waals surface area contributed by atoms with E-state index in [1.807, 2.05) is 6.92 Å². The largest absolute Gasteiger partial charge is 0.376 e. The highest BCUT2D eigenvalue weighted by molar-refractivity contribution is 6.30. The first-order valence-corrected chi connectivity index (χ1v) is 9.83. The summed E-state index contributed by atoms with van der Waals surface area (Å²) in [6, 6.07) is 3.18. The van der Waals surface area contributed by atoms with Gasteiger partial charge in [0.25, 0.3) is 5.91 Å². The van der Waals surface area contributed by atoms with Crippen LogP contribution >= 0.6 is 11.6 Å². The van der Waals surface area contributed by atoms with Gasteiger partial charge in [-0.1, -0.05) is 18.5 Å². The Hall–Kier alpha value is -2.12. The van der Waals surface area contributed by atoms with Gasteiger partial charge in [-0.15, -0.1) is 0 Å². The van der Waals surface area contributed by atoms with Gasteiger partial charge in [0.2, 0.25) is 5.91 Å². The highest BCUT2D eigenvalue weighted by Gasteiger charge is 2.38. The highest BCUT2D eigenvalue weighted by atomic mass is 35.5. The van der Waals surface area contributed by atoms with E-state index in [-0.39, 0.29) is 30.0 Å². The number of amides is 2. The molecule has 27 heavy (non-hydrogen) atoms. The maximum absolute atomic E-state index is 13.2. The van der Waals surface area contributed by atoms with Crippen molar-refractivity contribution < 1.29 is 14.3 Å². The van der Waals surface area contributed by atoms with E-state index in [0.29, 0.717) is 42.2 Å². The quantitative estimate of drug-likeness (QED) is 0.837. The summed E-state index contributed by atoms with van der Waals surface area (Å²) in [5.74, 6) is -0.192. The molecule has 2 saturated heterocycles. The molecule has 2 aliphatic heterocycles. The minimum atomic E-state index is -0.203. The number of imidazole rings is 1. The minimum absolute atomic E-state index is 0.0110. The number of pyridine rings is 1. The van der Waals surface area contributed by atoms with Gasteiger partial charge >= 0.3 is 0 Å². The van der Waals surface area contributed by atoms with Gasteiger partial charge in [-0.3, -0.25) is 14.0 Å². The molecule has 7 nitrogen and oxygen atoms in total. The molecule has 2 aromatic rings. The molecule has 8 heteroatoms. The number of aromatic nitrogens is 2. The second kappa shape index (κ2) is 7.48. The van der Waals surface area contributed by atoms with Gasteiger partial charge in [0.15, 0.2) is 0 Å². The summed E-state index contributed by atoms with van der Waals surface area (Å²) in [5, 5.41) is 6.67. The molecular formula is C19H23ClN4O3. The molecule has 4 heterocycles. The maximum atomic E-state index is 13.2. The third-order valence-electron chi connectivity index (χ3n) is 5.33. The topological polar surface area (TPSA) is 84.7 Å². The van der Waals surface area contributed by atoms with Crippen molar-refractivity contribution in [2.45, 2.75) is 57.2 Å². The minimum Gasteiger partial charge on any atom is -0.376 e. The third-order valence-corrected chi connectivity index (χ3v) is 5.55. The van der Waals surface area contributed by atoms with Crippen LogP contribution in [0.3, 0.4) is 0 Å². The number of aryl methyl sites for hydroxylation is 1. The van der Waals surface area contributed by atoms with Crippen molar-refractivity contribution in [2.75, 3.05) is 6.61 Å². The molecule has 2 aliphatic rings. The van der Waals surface area contributed by atoms with E-state index in [1.165, 1.54) is 0 Å². The van der Waals surface area contributed by atoms with Gasteiger partial charge in [0.05, 0.1) is 28.9 Å². The first-order valence-electron chi connectivity index (χ1n) is 9.45. The molecular weight excluding hydrogens is 368 g/mol. The number of rotatable bonds is 4. The maximum Gasteiger partial charge on any atom is 0.270 e. The van der Waals surface area contributed by atoms with Crippen LogP contribution in [0.25, 0.3) is 5.65 Å². The van der Waals surface area contributed by atoms with Crippen LogP contribution < -0.4 is 10.6 Å². The van der Waals surface area contributed by atoms with Crippen molar-refractivity contribution in [3.05, 3.63) is 34.7 Å². The molecule has 2 aromatic heterocycles. The predicted octanol–water partition coefficient (Wildman–Crippen LogP) is 2.11. The Labute approximate surface area is 162 Å². The van der Waals surface area contributed by atoms with Crippen LogP contribution in [0.15, 0.2) is 18.3 Å². The molecule has 0 aromatic carbocycles. The monoisotopic (exact) mass is 390 g/mol. The van der Waals surface area contributed by atoms with E-state index in [2.05, 4.69) is 15.6 Å². The highest BCUT2D eigenvalue weighted by Crippen LogP contribution is 2.24. The fourth-order valence-electron chi connectivity index (χ4n) is 4.02. The Bertz CT molecular complexity index is 875. The van der Waals surface area contributed by atoms with E-state index < -0.39 is 0 Å². The smallest absolute Gasteiger partial charge is 0.270 e. The predicted molar refractivity (Wildman–Crippen MR) is 101 cm³/mol. The SMILES string of the molecule is CCc1nc2ccc(Cl)cn2c1C(=O)NC1CCC(=O)NC1C1CCCO1. The van der Waals surface area contributed by atoms with E-state index in [0.717, 1.165) is 18.5 Å². The number of nitrogens with one attached hydrogen (secondary N) is 2. The van der Waals surface area contributed by atoms with E-state index in [4.69, 9.17) is 16.3 Å². The molecule has 3 unspecified atom stereocenters. The zero-order chi connectivity index (χ0) is 19.0. The number of ether oxygens (including phenoxy) is 1. The Morgan fingerprint density at radius 1 is 1.44 bits per heavy atom. The van der Waals surface area contributed by atoms with E-state index in [9.17, 15) is 9.59 Å². The summed E-state index contributed by atoms with van der Waals surface area (Å²) in [6.45, 7) is 2.67. The third kappa shape index (κ3) is 3.53. The molecule has 144 valence electrons. The molecule has 0 radical (unpaired) electrons. The molecule has 0 bridgehead atoms. The number of piperidine rings is 1. The average Bonchev–Trinajstić information content (AvgIpc) is 3.30. The molecule has 2 fully saturated rings. The number of halogens is 1. The standard InChI is InChI=1S/C19H23ClN4O3/c1-2-12-18(24-10-11(20)5-7-15(24)21-12)19(26)22-13-6-8-16(25)23-17(13)14-4-3-9-27-14/h5,7,10,13-14,17H,2-4,6,8-9H2,1H3,(H,22,26)(H,23,25). The second-order valence-corrected chi connectivity index (χ2v) is 7.54. The fraction of sp³-hybridized carbons (Fsp3) is 0.526. The summed E-state index contributed by atoms with van der Waals surface area (Å²) in [6.07, 6.45) is 5.15. The number of fused-ring (bicyclic) bond motifs is 1. The molecule has 0 aliphatic carbocycles. The van der Waals surface area contributed by atoms with Gasteiger partial charge in [0, 0.05) is 19.2 Å². The zero-order valence-corrected chi connectivity index (χ0v) is 16.0. The van der Waals surface area contributed by atoms with Crippen LogP contribution in [0.5, 0.6) is 0 Å². The lowest BCUT2D eigenvalue weighted by atomic mass is 9.92. The van der Waals surface area contributed by atoms with Crippen LogP contribution in [0, 0.1) is 0 Å². The normalized spacial score (nSPS) is 25.6. The first-order chi connectivity index (χ1) is 13.1. The molecule has 2 amide bonds. The van der Waals surface area contributed by atoms with Crippen LogP contribution in [-0.4, -0.2) is 46.0 Å². The summed E-state index contributed by atoms with van der Waals surface area (Å²) < 4.78 is 7.51. The summed E-state index contributed by atoms with van der Waals surface area (Å²) in [5.41, 5.74) is 1.91. The molecule has 4 rings (SSSR count). The van der Waals surface area contributed by atoms with Gasteiger partial charge in [-0.2, -0.15) is 0 Å². The van der Waals surface area contributed by atoms with Gasteiger partial charge < -0.3 is 15.4 Å². The van der Waals surface area contributed by atoms with Crippen molar-refractivity contribution in [3.63, 3.8) is 0 Å². The lowest BCUT2D eigenvalue weighted by Gasteiger charge is -2.36. The Kier molecular flexibility index (Phi) is 5.06. The summed E-state index contributed by atoms with van der Waals surface area (Å²) in [7, 11) is 0. The number of nitrogens with zero attached hydrogens (tertiary/aromatic N) is 2. The first kappa shape index (κ1) is 18.3. The van der Waals surface area contributed by atoms with Crippen molar-refractivity contribution in [2.24, 2.45) is 0 Å². The summed E-state index contributed by atoms with van der Waals surface area (Å²) >= 11 is 6.12. The second-order valence-electron chi connectivity index (χ2n) is 7.10. The van der Waals surface area contributed by atoms with Crippen LogP contribution in [0.2, 0.25) is 5.02 Å². The van der Waals surface area contributed by atoms with Crippen LogP contribution in [0.4, 0.5) is 0 Å². The van der Waals surface area contributed by atoms with E-state index in [1.54, 1.807) is 22.7 Å². The van der Waals surface area contributed by atoms with Crippen LogP contribution in [0.1, 0.15) is 48.8 Å². The lowest BCUT2D eigenvalue weighted by Crippen LogP contribution is -2.60. The van der Waals surface area contributed by atoms with Crippen molar-refractivity contribution in [1.29, 1.82) is 0 Å². The molecule has 3 atom stereocenters. The number of carbonyl (C=O) groups excluding carboxylic acids is 2. The molecule has 0 spiro atoms. The Morgan fingerprint density at radius 3 is 3.04 bits per heavy atom. The summed E-state index contributed by atoms with van der Waals surface area (Å²) in [4.78, 5) is 29.6. The number of hydrogen-bond donors (Lipinski definition) is 2. The Balaban J connectivity index is 1.62. The lowest BCUT2D eigenvalue weighted by molar-refractivity contribution is -0.125.